The van der Waals surface area contributed by atoms with Crippen LogP contribution in [-0.2, 0) is 6.54 Å². The third-order valence-corrected chi connectivity index (χ3v) is 2.55. The molecule has 0 heterocycles. The number of carboxylic acid groups (broad SMARTS) is 1. The van der Waals surface area contributed by atoms with Crippen molar-refractivity contribution in [2.45, 2.75) is 6.54 Å². The molecule has 0 saturated carbocycles. The standard InChI is InChI=1S/C14H12FNO2/c15-12-8-6-11(7-9-12)10-16(14(17)18)13-4-2-1-3-5-13/h1-9H,10H2,(H,17,18). The largest absolute Gasteiger partial charge is 0.465 e. The predicted octanol–water partition coefficient (Wildman–Crippen LogP) is 3.51. The highest BCUT2D eigenvalue weighted by molar-refractivity contribution is 5.85. The first-order valence-electron chi connectivity index (χ1n) is 5.47. The van der Waals surface area contributed by atoms with Crippen molar-refractivity contribution in [3.05, 3.63) is 66.0 Å². The molecule has 0 aliphatic heterocycles. The van der Waals surface area contributed by atoms with Gasteiger partial charge in [-0.1, -0.05) is 30.3 Å². The maximum Gasteiger partial charge on any atom is 0.412 e. The predicted molar refractivity (Wildman–Crippen MR) is 67.0 cm³/mol. The van der Waals surface area contributed by atoms with Crippen LogP contribution < -0.4 is 4.90 Å². The van der Waals surface area contributed by atoms with Crippen LogP contribution >= 0.6 is 0 Å². The van der Waals surface area contributed by atoms with Crippen molar-refractivity contribution in [2.24, 2.45) is 0 Å². The molecule has 0 aliphatic rings. The number of hydrogen-bond donors (Lipinski definition) is 1. The van der Waals surface area contributed by atoms with Crippen LogP contribution in [0.25, 0.3) is 0 Å². The third kappa shape index (κ3) is 2.85. The second kappa shape index (κ2) is 5.31. The Labute approximate surface area is 104 Å². The first kappa shape index (κ1) is 12.1. The number of nitrogens with zero attached hydrogens (tertiary/aromatic N) is 1. The molecule has 3 nitrogen and oxygen atoms in total. The van der Waals surface area contributed by atoms with Gasteiger partial charge in [-0.05, 0) is 29.8 Å². The summed E-state index contributed by atoms with van der Waals surface area (Å²) < 4.78 is 12.8. The summed E-state index contributed by atoms with van der Waals surface area (Å²) in [5.41, 5.74) is 1.33. The van der Waals surface area contributed by atoms with Crippen LogP contribution in [0, 0.1) is 5.82 Å². The van der Waals surface area contributed by atoms with Gasteiger partial charge in [0.15, 0.2) is 0 Å². The van der Waals surface area contributed by atoms with Crippen molar-refractivity contribution in [2.75, 3.05) is 4.90 Å². The van der Waals surface area contributed by atoms with Crippen molar-refractivity contribution in [3.63, 3.8) is 0 Å². The fourth-order valence-corrected chi connectivity index (χ4v) is 1.65. The van der Waals surface area contributed by atoms with Crippen LogP contribution in [0.15, 0.2) is 54.6 Å². The Morgan fingerprint density at radius 1 is 1.06 bits per heavy atom. The minimum absolute atomic E-state index is 0.194. The summed E-state index contributed by atoms with van der Waals surface area (Å²) in [6.07, 6.45) is -1.04. The fraction of sp³-hybridized carbons (Fsp3) is 0.0714. The molecule has 0 unspecified atom stereocenters. The molecular weight excluding hydrogens is 233 g/mol. The van der Waals surface area contributed by atoms with Gasteiger partial charge in [-0.2, -0.15) is 0 Å². The van der Waals surface area contributed by atoms with Crippen LogP contribution in [0.3, 0.4) is 0 Å². The molecule has 2 rings (SSSR count). The second-order valence-corrected chi connectivity index (χ2v) is 3.83. The van der Waals surface area contributed by atoms with Crippen molar-refractivity contribution >= 4 is 11.8 Å². The van der Waals surface area contributed by atoms with E-state index in [1.54, 1.807) is 36.4 Å². The second-order valence-electron chi connectivity index (χ2n) is 3.83. The molecule has 92 valence electrons. The normalized spacial score (nSPS) is 10.1. The van der Waals surface area contributed by atoms with E-state index in [0.29, 0.717) is 5.69 Å². The number of carbonyl (C=O) groups is 1. The Bertz CT molecular complexity index is 525. The number of para-hydroxylation sites is 1. The molecule has 0 aliphatic carbocycles. The summed E-state index contributed by atoms with van der Waals surface area (Å²) >= 11 is 0. The lowest BCUT2D eigenvalue weighted by atomic mass is 10.2. The first-order chi connectivity index (χ1) is 8.66. The Balaban J connectivity index is 2.22. The van der Waals surface area contributed by atoms with Gasteiger partial charge in [-0.25, -0.2) is 9.18 Å². The maximum atomic E-state index is 12.8. The highest BCUT2D eigenvalue weighted by atomic mass is 19.1. The van der Waals surface area contributed by atoms with Gasteiger partial charge < -0.3 is 5.11 Å². The summed E-state index contributed by atoms with van der Waals surface area (Å²) in [7, 11) is 0. The van der Waals surface area contributed by atoms with E-state index in [-0.39, 0.29) is 12.4 Å². The minimum Gasteiger partial charge on any atom is -0.465 e. The van der Waals surface area contributed by atoms with Gasteiger partial charge in [-0.3, -0.25) is 4.90 Å². The van der Waals surface area contributed by atoms with Crippen LogP contribution in [0.2, 0.25) is 0 Å². The van der Waals surface area contributed by atoms with E-state index in [2.05, 4.69) is 0 Å². The van der Waals surface area contributed by atoms with Gasteiger partial charge in [0.25, 0.3) is 0 Å². The molecule has 2 aromatic rings. The van der Waals surface area contributed by atoms with E-state index in [0.717, 1.165) is 5.56 Å². The smallest absolute Gasteiger partial charge is 0.412 e. The summed E-state index contributed by atoms with van der Waals surface area (Å²) in [6.45, 7) is 0.194. The summed E-state index contributed by atoms with van der Waals surface area (Å²) in [5, 5.41) is 9.19. The summed E-state index contributed by atoms with van der Waals surface area (Å²) in [6, 6.07) is 14.6. The number of halogens is 1. The van der Waals surface area contributed by atoms with E-state index < -0.39 is 6.09 Å². The van der Waals surface area contributed by atoms with Crippen molar-refractivity contribution in [1.29, 1.82) is 0 Å². The molecule has 0 fully saturated rings. The van der Waals surface area contributed by atoms with Crippen LogP contribution in [0.4, 0.5) is 14.9 Å². The zero-order chi connectivity index (χ0) is 13.0. The molecule has 18 heavy (non-hydrogen) atoms. The van der Waals surface area contributed by atoms with E-state index in [9.17, 15) is 14.3 Å². The lowest BCUT2D eigenvalue weighted by Crippen LogP contribution is -2.28. The lowest BCUT2D eigenvalue weighted by molar-refractivity contribution is 0.201. The van der Waals surface area contributed by atoms with E-state index >= 15 is 0 Å². The molecule has 0 bridgehead atoms. The molecule has 0 atom stereocenters. The number of amides is 1. The Morgan fingerprint density at radius 3 is 2.22 bits per heavy atom. The Kier molecular flexibility index (Phi) is 3.57. The number of anilines is 1. The van der Waals surface area contributed by atoms with Crippen molar-refractivity contribution < 1.29 is 14.3 Å². The van der Waals surface area contributed by atoms with Gasteiger partial charge >= 0.3 is 6.09 Å². The number of benzene rings is 2. The van der Waals surface area contributed by atoms with Gasteiger partial charge in [0.1, 0.15) is 5.82 Å². The minimum atomic E-state index is -1.04. The summed E-state index contributed by atoms with van der Waals surface area (Å²) in [5.74, 6) is -0.333. The first-order valence-corrected chi connectivity index (χ1v) is 5.47. The number of hydrogen-bond acceptors (Lipinski definition) is 1. The maximum absolute atomic E-state index is 12.8. The quantitative estimate of drug-likeness (QED) is 0.898. The molecule has 1 N–H and O–H groups in total. The van der Waals surface area contributed by atoms with Gasteiger partial charge in [0.2, 0.25) is 0 Å². The van der Waals surface area contributed by atoms with Gasteiger partial charge in [0.05, 0.1) is 6.54 Å². The zero-order valence-electron chi connectivity index (χ0n) is 9.58. The van der Waals surface area contributed by atoms with Crippen molar-refractivity contribution in [3.8, 4) is 0 Å². The van der Waals surface area contributed by atoms with Gasteiger partial charge in [0, 0.05) is 5.69 Å². The van der Waals surface area contributed by atoms with E-state index in [4.69, 9.17) is 0 Å². The van der Waals surface area contributed by atoms with Crippen LogP contribution in [-0.4, -0.2) is 11.2 Å². The molecule has 0 aromatic heterocycles. The average Bonchev–Trinajstić information content (AvgIpc) is 2.38. The van der Waals surface area contributed by atoms with Crippen molar-refractivity contribution in [1.82, 2.24) is 0 Å². The topological polar surface area (TPSA) is 40.5 Å². The fourth-order valence-electron chi connectivity index (χ4n) is 1.65. The molecule has 0 radical (unpaired) electrons. The number of rotatable bonds is 3. The monoisotopic (exact) mass is 245 g/mol. The molecular formula is C14H12FNO2. The lowest BCUT2D eigenvalue weighted by Gasteiger charge is -2.19. The molecule has 2 aromatic carbocycles. The Hall–Kier alpha value is -2.36. The molecule has 1 amide bonds. The zero-order valence-corrected chi connectivity index (χ0v) is 9.58. The van der Waals surface area contributed by atoms with Crippen LogP contribution in [0.1, 0.15) is 5.56 Å². The molecule has 0 saturated heterocycles. The SMILES string of the molecule is O=C(O)N(Cc1ccc(F)cc1)c1ccccc1. The third-order valence-electron chi connectivity index (χ3n) is 2.55. The molecule has 0 spiro atoms. The highest BCUT2D eigenvalue weighted by Gasteiger charge is 2.14. The highest BCUT2D eigenvalue weighted by Crippen LogP contribution is 2.17. The molecule has 4 heteroatoms. The summed E-state index contributed by atoms with van der Waals surface area (Å²) in [4.78, 5) is 12.4. The average molecular weight is 245 g/mol. The Morgan fingerprint density at radius 2 is 1.67 bits per heavy atom. The van der Waals surface area contributed by atoms with E-state index in [1.807, 2.05) is 6.07 Å². The van der Waals surface area contributed by atoms with Crippen LogP contribution in [0.5, 0.6) is 0 Å². The van der Waals surface area contributed by atoms with Gasteiger partial charge in [-0.15, -0.1) is 0 Å². The van der Waals surface area contributed by atoms with E-state index in [1.165, 1.54) is 17.0 Å².